The molecule has 5 nitrogen and oxygen atoms in total. The van der Waals surface area contributed by atoms with Gasteiger partial charge in [0.05, 0.1) is 6.54 Å². The van der Waals surface area contributed by atoms with Crippen LogP contribution >= 0.6 is 0 Å². The zero-order valence-corrected chi connectivity index (χ0v) is 7.90. The van der Waals surface area contributed by atoms with Gasteiger partial charge >= 0.3 is 0 Å². The Kier molecular flexibility index (Phi) is 3.30. The summed E-state index contributed by atoms with van der Waals surface area (Å²) in [6.45, 7) is 0.153. The molecule has 0 spiro atoms. The van der Waals surface area contributed by atoms with E-state index in [4.69, 9.17) is 5.84 Å². The molecule has 5 heteroatoms. The lowest BCUT2D eigenvalue weighted by atomic mass is 10.3. The van der Waals surface area contributed by atoms with Gasteiger partial charge in [-0.15, -0.1) is 0 Å². The fraction of sp³-hybridized carbons (Fsp3) is 0.222. The summed E-state index contributed by atoms with van der Waals surface area (Å²) in [6.07, 6.45) is 0. The van der Waals surface area contributed by atoms with E-state index in [1.807, 2.05) is 5.43 Å². The van der Waals surface area contributed by atoms with Crippen LogP contribution in [0.2, 0.25) is 0 Å². The molecule has 0 fully saturated rings. The van der Waals surface area contributed by atoms with Gasteiger partial charge in [-0.05, 0) is 12.1 Å². The van der Waals surface area contributed by atoms with Gasteiger partial charge in [-0.2, -0.15) is 0 Å². The normalized spacial score (nSPS) is 9.57. The molecule has 0 aliphatic carbocycles. The average molecular weight is 195 g/mol. The number of carbonyl (C=O) groups excluding carboxylic acids is 1. The number of hydrogen-bond donors (Lipinski definition) is 3. The highest BCUT2D eigenvalue weighted by Gasteiger charge is 2.05. The predicted octanol–water partition coefficient (Wildman–Crippen LogP) is -0.182. The SMILES string of the molecule is CN(CC(=O)NN)c1cccc(O)c1. The van der Waals surface area contributed by atoms with Crippen LogP contribution in [0.4, 0.5) is 5.69 Å². The van der Waals surface area contributed by atoms with E-state index < -0.39 is 0 Å². The number of nitrogens with two attached hydrogens (primary N) is 1. The van der Waals surface area contributed by atoms with Gasteiger partial charge in [0.25, 0.3) is 5.91 Å². The molecule has 0 unspecified atom stereocenters. The number of anilines is 1. The van der Waals surface area contributed by atoms with Crippen molar-refractivity contribution in [2.45, 2.75) is 0 Å². The van der Waals surface area contributed by atoms with Crippen molar-refractivity contribution in [1.82, 2.24) is 5.43 Å². The Morgan fingerprint density at radius 2 is 2.36 bits per heavy atom. The molecule has 0 aliphatic rings. The summed E-state index contributed by atoms with van der Waals surface area (Å²) in [7, 11) is 1.74. The Hall–Kier alpha value is -1.75. The van der Waals surface area contributed by atoms with Gasteiger partial charge in [0.1, 0.15) is 5.75 Å². The van der Waals surface area contributed by atoms with E-state index in [0.717, 1.165) is 5.69 Å². The Morgan fingerprint density at radius 3 is 2.93 bits per heavy atom. The Labute approximate surface area is 82.1 Å². The molecule has 0 aromatic heterocycles. The first kappa shape index (κ1) is 10.3. The lowest BCUT2D eigenvalue weighted by Crippen LogP contribution is -2.38. The highest BCUT2D eigenvalue weighted by Crippen LogP contribution is 2.18. The van der Waals surface area contributed by atoms with Crippen LogP contribution < -0.4 is 16.2 Å². The number of nitrogens with one attached hydrogen (secondary N) is 1. The van der Waals surface area contributed by atoms with Crippen LogP contribution in [0, 0.1) is 0 Å². The van der Waals surface area contributed by atoms with E-state index in [0.29, 0.717) is 0 Å². The van der Waals surface area contributed by atoms with Crippen LogP contribution in [0.25, 0.3) is 0 Å². The van der Waals surface area contributed by atoms with E-state index in [9.17, 15) is 9.90 Å². The fourth-order valence-electron chi connectivity index (χ4n) is 1.08. The maximum Gasteiger partial charge on any atom is 0.253 e. The Morgan fingerprint density at radius 1 is 1.64 bits per heavy atom. The van der Waals surface area contributed by atoms with Crippen molar-refractivity contribution >= 4 is 11.6 Å². The molecule has 1 aromatic rings. The van der Waals surface area contributed by atoms with E-state index in [2.05, 4.69) is 0 Å². The minimum absolute atomic E-state index is 0.153. The monoisotopic (exact) mass is 195 g/mol. The average Bonchev–Trinajstić information content (AvgIpc) is 2.17. The minimum Gasteiger partial charge on any atom is -0.508 e. The summed E-state index contributed by atoms with van der Waals surface area (Å²) in [5, 5.41) is 9.20. The van der Waals surface area contributed by atoms with Crippen LogP contribution in [-0.4, -0.2) is 24.6 Å². The standard InChI is InChI=1S/C9H13N3O2/c1-12(6-9(14)11-10)7-3-2-4-8(13)5-7/h2-5,13H,6,10H2,1H3,(H,11,14). The quantitative estimate of drug-likeness (QED) is 0.355. The highest BCUT2D eigenvalue weighted by molar-refractivity contribution is 5.80. The smallest absolute Gasteiger partial charge is 0.253 e. The molecule has 0 heterocycles. The van der Waals surface area contributed by atoms with Crippen LogP contribution in [0.3, 0.4) is 0 Å². The second kappa shape index (κ2) is 4.48. The summed E-state index contributed by atoms with van der Waals surface area (Å²) >= 11 is 0. The number of hydrazine groups is 1. The lowest BCUT2D eigenvalue weighted by Gasteiger charge is -2.17. The van der Waals surface area contributed by atoms with Crippen molar-refractivity contribution in [2.24, 2.45) is 5.84 Å². The number of likely N-dealkylation sites (N-methyl/N-ethyl adjacent to an activating group) is 1. The first-order chi connectivity index (χ1) is 6.63. The molecule has 14 heavy (non-hydrogen) atoms. The summed E-state index contributed by atoms with van der Waals surface area (Å²) in [5.74, 6) is 4.84. The van der Waals surface area contributed by atoms with Crippen LogP contribution in [-0.2, 0) is 4.79 Å². The molecule has 0 aliphatic heterocycles. The van der Waals surface area contributed by atoms with E-state index in [1.54, 1.807) is 36.2 Å². The maximum atomic E-state index is 10.9. The van der Waals surface area contributed by atoms with Crippen molar-refractivity contribution in [3.05, 3.63) is 24.3 Å². The topological polar surface area (TPSA) is 78.6 Å². The van der Waals surface area contributed by atoms with Crippen LogP contribution in [0.15, 0.2) is 24.3 Å². The number of phenolic OH excluding ortho intramolecular Hbond substituents is 1. The molecule has 1 amide bonds. The predicted molar refractivity (Wildman–Crippen MR) is 53.7 cm³/mol. The van der Waals surface area contributed by atoms with Crippen molar-refractivity contribution < 1.29 is 9.90 Å². The third-order valence-corrected chi connectivity index (χ3v) is 1.81. The number of hydrogen-bond acceptors (Lipinski definition) is 4. The third-order valence-electron chi connectivity index (χ3n) is 1.81. The van der Waals surface area contributed by atoms with Crippen molar-refractivity contribution in [3.63, 3.8) is 0 Å². The van der Waals surface area contributed by atoms with Gasteiger partial charge in [-0.25, -0.2) is 5.84 Å². The Bertz CT molecular complexity index is 328. The second-order valence-electron chi connectivity index (χ2n) is 2.94. The zero-order chi connectivity index (χ0) is 10.6. The van der Waals surface area contributed by atoms with Gasteiger partial charge in [0, 0.05) is 18.8 Å². The molecule has 1 rings (SSSR count). The number of phenols is 1. The van der Waals surface area contributed by atoms with Crippen LogP contribution in [0.1, 0.15) is 0 Å². The molecule has 0 atom stereocenters. The first-order valence-corrected chi connectivity index (χ1v) is 4.13. The summed E-state index contributed by atoms with van der Waals surface area (Å²) in [6, 6.07) is 6.65. The van der Waals surface area contributed by atoms with E-state index in [1.165, 1.54) is 0 Å². The molecule has 76 valence electrons. The van der Waals surface area contributed by atoms with Gasteiger partial charge in [0.2, 0.25) is 0 Å². The molecule has 0 bridgehead atoms. The van der Waals surface area contributed by atoms with E-state index in [-0.39, 0.29) is 18.2 Å². The number of carbonyl (C=O) groups is 1. The molecule has 1 aromatic carbocycles. The first-order valence-electron chi connectivity index (χ1n) is 4.13. The Balaban J connectivity index is 2.69. The van der Waals surface area contributed by atoms with Crippen LogP contribution in [0.5, 0.6) is 5.75 Å². The van der Waals surface area contributed by atoms with Gasteiger partial charge in [-0.3, -0.25) is 10.2 Å². The molecular weight excluding hydrogens is 182 g/mol. The zero-order valence-electron chi connectivity index (χ0n) is 7.90. The van der Waals surface area contributed by atoms with Gasteiger partial charge in [0.15, 0.2) is 0 Å². The number of aromatic hydroxyl groups is 1. The van der Waals surface area contributed by atoms with Crippen molar-refractivity contribution in [1.29, 1.82) is 0 Å². The molecule has 0 saturated carbocycles. The minimum atomic E-state index is -0.282. The summed E-state index contributed by atoms with van der Waals surface area (Å²) in [5.41, 5.74) is 2.80. The van der Waals surface area contributed by atoms with Crippen molar-refractivity contribution in [3.8, 4) is 5.75 Å². The molecule has 0 radical (unpaired) electrons. The largest absolute Gasteiger partial charge is 0.508 e. The summed E-state index contributed by atoms with van der Waals surface area (Å²) in [4.78, 5) is 12.6. The molecular formula is C9H13N3O2. The number of nitrogens with zero attached hydrogens (tertiary/aromatic N) is 1. The number of benzene rings is 1. The molecule has 0 saturated heterocycles. The van der Waals surface area contributed by atoms with Gasteiger partial charge < -0.3 is 10.0 Å². The fourth-order valence-corrected chi connectivity index (χ4v) is 1.08. The highest BCUT2D eigenvalue weighted by atomic mass is 16.3. The van der Waals surface area contributed by atoms with Crippen molar-refractivity contribution in [2.75, 3.05) is 18.5 Å². The van der Waals surface area contributed by atoms with Gasteiger partial charge in [-0.1, -0.05) is 6.07 Å². The number of rotatable bonds is 3. The van der Waals surface area contributed by atoms with E-state index >= 15 is 0 Å². The summed E-state index contributed by atoms with van der Waals surface area (Å²) < 4.78 is 0. The third kappa shape index (κ3) is 2.63. The second-order valence-corrected chi connectivity index (χ2v) is 2.94. The lowest BCUT2D eigenvalue weighted by molar-refractivity contribution is -0.119. The molecule has 4 N–H and O–H groups in total. The maximum absolute atomic E-state index is 10.9. The number of amides is 1.